The maximum absolute atomic E-state index is 5.26. The van der Waals surface area contributed by atoms with Crippen molar-refractivity contribution in [3.8, 4) is 67.3 Å². The summed E-state index contributed by atoms with van der Waals surface area (Å²) in [6.45, 7) is 4.73. The molecule has 9 aromatic rings. The van der Waals surface area contributed by atoms with Crippen LogP contribution in [0.4, 0.5) is 0 Å². The number of hydrogen-bond donors (Lipinski definition) is 0. The van der Waals surface area contributed by atoms with Crippen molar-refractivity contribution in [2.45, 2.75) is 19.3 Å². The minimum Gasteiger partial charge on any atom is -0.228 e. The van der Waals surface area contributed by atoms with Crippen molar-refractivity contribution in [3.05, 3.63) is 193 Å². The summed E-state index contributed by atoms with van der Waals surface area (Å²) in [5.41, 5.74) is 15.1. The van der Waals surface area contributed by atoms with E-state index in [9.17, 15) is 0 Å². The lowest BCUT2D eigenvalue weighted by Gasteiger charge is -2.22. The second-order valence-corrected chi connectivity index (χ2v) is 14.5. The van der Waals surface area contributed by atoms with Crippen LogP contribution >= 0.6 is 0 Å². The maximum Gasteiger partial charge on any atom is 0.160 e. The first-order valence-corrected chi connectivity index (χ1v) is 18.3. The van der Waals surface area contributed by atoms with Crippen LogP contribution in [0.2, 0.25) is 0 Å². The molecule has 1 heterocycles. The third kappa shape index (κ3) is 5.10. The Labute approximate surface area is 310 Å². The molecule has 2 heteroatoms. The first-order chi connectivity index (χ1) is 26.0. The Morgan fingerprint density at radius 3 is 1.74 bits per heavy atom. The summed E-state index contributed by atoms with van der Waals surface area (Å²) in [7, 11) is 0. The number of hydrogen-bond acceptors (Lipinski definition) is 2. The Balaban J connectivity index is 1.18. The monoisotopic (exact) mass is 676 g/mol. The van der Waals surface area contributed by atoms with Gasteiger partial charge < -0.3 is 0 Å². The molecule has 250 valence electrons. The highest BCUT2D eigenvalue weighted by molar-refractivity contribution is 6.11. The van der Waals surface area contributed by atoms with E-state index in [1.54, 1.807) is 0 Å². The Morgan fingerprint density at radius 2 is 0.943 bits per heavy atom. The quantitative estimate of drug-likeness (QED) is 0.181. The molecule has 0 radical (unpaired) electrons. The van der Waals surface area contributed by atoms with E-state index in [1.165, 1.54) is 60.5 Å². The molecule has 2 nitrogen and oxygen atoms in total. The number of rotatable bonds is 5. The molecule has 10 rings (SSSR count). The second-order valence-electron chi connectivity index (χ2n) is 14.5. The van der Waals surface area contributed by atoms with Crippen molar-refractivity contribution in [2.24, 2.45) is 0 Å². The van der Waals surface area contributed by atoms with Gasteiger partial charge in [0.05, 0.1) is 11.4 Å². The Morgan fingerprint density at radius 1 is 0.358 bits per heavy atom. The highest BCUT2D eigenvalue weighted by Gasteiger charge is 2.38. The number of aromatic nitrogens is 2. The number of fused-ring (bicyclic) bond motifs is 6. The predicted octanol–water partition coefficient (Wildman–Crippen LogP) is 13.4. The van der Waals surface area contributed by atoms with Gasteiger partial charge in [0.25, 0.3) is 0 Å². The molecule has 1 aromatic heterocycles. The highest BCUT2D eigenvalue weighted by atomic mass is 14.9. The minimum atomic E-state index is -0.108. The molecule has 0 N–H and O–H groups in total. The van der Waals surface area contributed by atoms with Gasteiger partial charge in [0.15, 0.2) is 5.82 Å². The lowest BCUT2D eigenvalue weighted by atomic mass is 9.81. The zero-order valence-corrected chi connectivity index (χ0v) is 29.7. The molecular weight excluding hydrogens is 641 g/mol. The van der Waals surface area contributed by atoms with E-state index in [2.05, 4.69) is 178 Å². The molecule has 0 unspecified atom stereocenters. The van der Waals surface area contributed by atoms with E-state index < -0.39 is 0 Å². The molecule has 0 spiro atoms. The van der Waals surface area contributed by atoms with Gasteiger partial charge in [-0.2, -0.15) is 0 Å². The van der Waals surface area contributed by atoms with Gasteiger partial charge in [-0.1, -0.05) is 184 Å². The number of nitrogens with zero attached hydrogens (tertiary/aromatic N) is 2. The fourth-order valence-electron chi connectivity index (χ4n) is 8.47. The molecule has 8 aromatic carbocycles. The first-order valence-electron chi connectivity index (χ1n) is 18.3. The van der Waals surface area contributed by atoms with Crippen molar-refractivity contribution in [3.63, 3.8) is 0 Å². The van der Waals surface area contributed by atoms with Crippen LogP contribution in [0.25, 0.3) is 88.8 Å². The zero-order valence-electron chi connectivity index (χ0n) is 29.7. The molecule has 0 saturated carbocycles. The van der Waals surface area contributed by atoms with Gasteiger partial charge >= 0.3 is 0 Å². The zero-order chi connectivity index (χ0) is 35.5. The number of benzene rings is 8. The first kappa shape index (κ1) is 31.1. The fourth-order valence-corrected chi connectivity index (χ4v) is 8.47. The van der Waals surface area contributed by atoms with Gasteiger partial charge in [-0.3, -0.25) is 0 Å². The predicted molar refractivity (Wildman–Crippen MR) is 222 cm³/mol. The molecule has 1 aliphatic carbocycles. The van der Waals surface area contributed by atoms with E-state index >= 15 is 0 Å². The second kappa shape index (κ2) is 12.3. The van der Waals surface area contributed by atoms with Crippen LogP contribution in [-0.4, -0.2) is 9.97 Å². The van der Waals surface area contributed by atoms with Crippen LogP contribution in [0.1, 0.15) is 25.0 Å². The molecule has 0 fully saturated rings. The molecular formula is C51H36N2. The normalized spacial score (nSPS) is 12.9. The van der Waals surface area contributed by atoms with Gasteiger partial charge in [0, 0.05) is 22.1 Å². The summed E-state index contributed by atoms with van der Waals surface area (Å²) in [5.74, 6) is 0.711. The average Bonchev–Trinajstić information content (AvgIpc) is 3.47. The largest absolute Gasteiger partial charge is 0.228 e. The molecule has 0 aliphatic heterocycles. The van der Waals surface area contributed by atoms with Gasteiger partial charge in [-0.05, 0) is 78.2 Å². The van der Waals surface area contributed by atoms with Crippen LogP contribution < -0.4 is 0 Å². The molecule has 1 aliphatic rings. The Kier molecular flexibility index (Phi) is 7.19. The van der Waals surface area contributed by atoms with E-state index in [0.29, 0.717) is 5.82 Å². The maximum atomic E-state index is 5.26. The van der Waals surface area contributed by atoms with Crippen LogP contribution in [-0.2, 0) is 5.41 Å². The minimum absolute atomic E-state index is 0.108. The Hall–Kier alpha value is -6.64. The topological polar surface area (TPSA) is 25.8 Å². The average molecular weight is 677 g/mol. The van der Waals surface area contributed by atoms with Crippen LogP contribution in [0.5, 0.6) is 0 Å². The summed E-state index contributed by atoms with van der Waals surface area (Å²) in [6, 6.07) is 65.3. The van der Waals surface area contributed by atoms with Crippen molar-refractivity contribution in [2.75, 3.05) is 0 Å². The summed E-state index contributed by atoms with van der Waals surface area (Å²) >= 11 is 0. The lowest BCUT2D eigenvalue weighted by Crippen LogP contribution is -2.14. The lowest BCUT2D eigenvalue weighted by molar-refractivity contribution is 0.661. The van der Waals surface area contributed by atoms with Gasteiger partial charge in [0.2, 0.25) is 0 Å². The van der Waals surface area contributed by atoms with Crippen molar-refractivity contribution >= 4 is 21.5 Å². The van der Waals surface area contributed by atoms with Crippen LogP contribution in [0.3, 0.4) is 0 Å². The molecule has 0 bridgehead atoms. The van der Waals surface area contributed by atoms with Gasteiger partial charge in [-0.25, -0.2) is 9.97 Å². The van der Waals surface area contributed by atoms with Crippen LogP contribution in [0.15, 0.2) is 182 Å². The molecule has 53 heavy (non-hydrogen) atoms. The van der Waals surface area contributed by atoms with E-state index in [0.717, 1.165) is 33.6 Å². The van der Waals surface area contributed by atoms with Gasteiger partial charge in [-0.15, -0.1) is 0 Å². The van der Waals surface area contributed by atoms with Gasteiger partial charge in [0.1, 0.15) is 0 Å². The van der Waals surface area contributed by atoms with Crippen molar-refractivity contribution in [1.82, 2.24) is 9.97 Å². The Bertz CT molecular complexity index is 2850. The summed E-state index contributed by atoms with van der Waals surface area (Å²) in [5, 5.41) is 4.95. The standard InChI is InChI=1S/C51H36N2/c1-51(2)44-26-14-25-43(49(44)48-38-22-10-9-17-34(38)27-30-45(48)51)41-28-29-42(40-24-12-11-23-39(40)41)47-32-46(52-50(53-47)35-18-7-4-8-19-35)37-21-13-20-36(31-37)33-15-5-3-6-16-33/h3-32H,1-2H3. The summed E-state index contributed by atoms with van der Waals surface area (Å²) in [6.07, 6.45) is 0. The summed E-state index contributed by atoms with van der Waals surface area (Å²) < 4.78 is 0. The van der Waals surface area contributed by atoms with Crippen molar-refractivity contribution < 1.29 is 0 Å². The van der Waals surface area contributed by atoms with E-state index in [4.69, 9.17) is 9.97 Å². The van der Waals surface area contributed by atoms with E-state index in [-0.39, 0.29) is 5.41 Å². The summed E-state index contributed by atoms with van der Waals surface area (Å²) in [4.78, 5) is 10.4. The highest BCUT2D eigenvalue weighted by Crippen LogP contribution is 2.55. The van der Waals surface area contributed by atoms with Crippen LogP contribution in [0, 0.1) is 0 Å². The fraction of sp³-hybridized carbons (Fsp3) is 0.0588. The molecule has 0 amide bonds. The van der Waals surface area contributed by atoms with Crippen molar-refractivity contribution in [1.29, 1.82) is 0 Å². The molecule has 0 atom stereocenters. The smallest absolute Gasteiger partial charge is 0.160 e. The third-order valence-electron chi connectivity index (χ3n) is 11.1. The van der Waals surface area contributed by atoms with E-state index in [1.807, 2.05) is 18.2 Å². The third-order valence-corrected chi connectivity index (χ3v) is 11.1. The SMILES string of the molecule is CC1(C)c2cccc(-c3ccc(-c4cc(-c5cccc(-c6ccccc6)c5)nc(-c5ccccc5)n4)c4ccccc34)c2-c2c1ccc1ccccc21. The molecule has 0 saturated heterocycles.